The van der Waals surface area contributed by atoms with E-state index in [-0.39, 0.29) is 17.9 Å². The fourth-order valence-corrected chi connectivity index (χ4v) is 5.78. The van der Waals surface area contributed by atoms with E-state index in [0.29, 0.717) is 5.11 Å². The molecule has 190 valence electrons. The number of rotatable bonds is 7. The van der Waals surface area contributed by atoms with Gasteiger partial charge in [-0.1, -0.05) is 6.07 Å². The zero-order valence-corrected chi connectivity index (χ0v) is 22.5. The molecule has 7 heteroatoms. The molecule has 0 unspecified atom stereocenters. The lowest BCUT2D eigenvalue weighted by molar-refractivity contribution is 0.565. The van der Waals surface area contributed by atoms with Crippen LogP contribution in [0.4, 0.5) is 15.8 Å². The molecule has 5 rings (SSSR count). The highest BCUT2D eigenvalue weighted by atomic mass is 32.1. The average Bonchev–Trinajstić information content (AvgIpc) is 3.41. The number of aromatic nitrogens is 2. The number of halogens is 1. The molecule has 0 bridgehead atoms. The van der Waals surface area contributed by atoms with Crippen molar-refractivity contribution in [3.63, 3.8) is 0 Å². The number of nitrogens with zero attached hydrogens (tertiary/aromatic N) is 4. The van der Waals surface area contributed by atoms with Crippen molar-refractivity contribution in [2.45, 2.75) is 39.8 Å². The summed E-state index contributed by atoms with van der Waals surface area (Å²) in [4.78, 5) is 9.08. The molecule has 5 nitrogen and oxygen atoms in total. The number of anilines is 2. The van der Waals surface area contributed by atoms with Crippen molar-refractivity contribution in [2.24, 2.45) is 0 Å². The molecule has 2 atom stereocenters. The summed E-state index contributed by atoms with van der Waals surface area (Å²) in [7, 11) is 0. The molecule has 0 aliphatic carbocycles. The maximum Gasteiger partial charge on any atom is 0.174 e. The van der Waals surface area contributed by atoms with Crippen LogP contribution in [0.5, 0.6) is 0 Å². The number of pyridine rings is 1. The third-order valence-electron chi connectivity index (χ3n) is 7.23. The lowest BCUT2D eigenvalue weighted by Crippen LogP contribution is -2.29. The van der Waals surface area contributed by atoms with Crippen molar-refractivity contribution in [2.75, 3.05) is 22.9 Å². The van der Waals surface area contributed by atoms with Crippen molar-refractivity contribution in [1.29, 1.82) is 0 Å². The molecule has 3 heterocycles. The van der Waals surface area contributed by atoms with Gasteiger partial charge >= 0.3 is 0 Å². The SMILES string of the molecule is CCN(CC)c1ccc(-n2c(C)cc([C@H]3[C@@H](c4ccccn4)NC(=S)N3c3ccc(F)cc3)c2C)cc1. The minimum Gasteiger partial charge on any atom is -0.372 e. The molecule has 1 fully saturated rings. The molecule has 4 aromatic rings. The molecule has 37 heavy (non-hydrogen) atoms. The van der Waals surface area contributed by atoms with E-state index in [4.69, 9.17) is 12.2 Å². The van der Waals surface area contributed by atoms with Gasteiger partial charge in [0.15, 0.2) is 5.11 Å². The number of thiocarbonyl (C=S) groups is 1. The Bertz CT molecular complexity index is 1380. The van der Waals surface area contributed by atoms with Crippen LogP contribution in [0.15, 0.2) is 79.0 Å². The van der Waals surface area contributed by atoms with Crippen LogP contribution in [0.3, 0.4) is 0 Å². The molecule has 1 saturated heterocycles. The highest BCUT2D eigenvalue weighted by Gasteiger charge is 2.42. The van der Waals surface area contributed by atoms with Crippen LogP contribution in [-0.2, 0) is 0 Å². The van der Waals surface area contributed by atoms with Gasteiger partial charge in [0, 0.05) is 47.7 Å². The number of aryl methyl sites for hydroxylation is 1. The first-order chi connectivity index (χ1) is 17.9. The summed E-state index contributed by atoms with van der Waals surface area (Å²) >= 11 is 5.83. The van der Waals surface area contributed by atoms with Crippen molar-refractivity contribution in [3.8, 4) is 5.69 Å². The van der Waals surface area contributed by atoms with Gasteiger partial charge in [0.1, 0.15) is 5.82 Å². The average molecular weight is 514 g/mol. The molecular weight excluding hydrogens is 481 g/mol. The molecule has 1 aliphatic rings. The second-order valence-electron chi connectivity index (χ2n) is 9.32. The fourth-order valence-electron chi connectivity index (χ4n) is 5.44. The Kier molecular flexibility index (Phi) is 6.98. The molecule has 1 aliphatic heterocycles. The van der Waals surface area contributed by atoms with Gasteiger partial charge in [-0.05, 0) is 112 Å². The first-order valence-electron chi connectivity index (χ1n) is 12.7. The Morgan fingerprint density at radius 2 is 1.62 bits per heavy atom. The normalized spacial score (nSPS) is 17.2. The summed E-state index contributed by atoms with van der Waals surface area (Å²) in [5, 5.41) is 4.09. The molecule has 0 saturated carbocycles. The monoisotopic (exact) mass is 513 g/mol. The zero-order valence-electron chi connectivity index (χ0n) is 21.6. The Balaban J connectivity index is 1.61. The molecule has 1 N–H and O–H groups in total. The molecule has 0 amide bonds. The van der Waals surface area contributed by atoms with Gasteiger partial charge in [-0.25, -0.2) is 4.39 Å². The summed E-state index contributed by atoms with van der Waals surface area (Å²) < 4.78 is 16.1. The smallest absolute Gasteiger partial charge is 0.174 e. The topological polar surface area (TPSA) is 36.3 Å². The predicted octanol–water partition coefficient (Wildman–Crippen LogP) is 6.65. The zero-order chi connectivity index (χ0) is 26.1. The third kappa shape index (κ3) is 4.60. The van der Waals surface area contributed by atoms with Crippen molar-refractivity contribution in [1.82, 2.24) is 14.9 Å². The molecule has 2 aromatic heterocycles. The molecule has 2 aromatic carbocycles. The van der Waals surface area contributed by atoms with Crippen LogP contribution in [0.25, 0.3) is 5.69 Å². The largest absolute Gasteiger partial charge is 0.372 e. The third-order valence-corrected chi connectivity index (χ3v) is 7.54. The van der Waals surface area contributed by atoms with E-state index in [1.165, 1.54) is 17.8 Å². The van der Waals surface area contributed by atoms with E-state index in [1.807, 2.05) is 18.2 Å². The second kappa shape index (κ2) is 10.3. The van der Waals surface area contributed by atoms with Crippen molar-refractivity contribution in [3.05, 3.63) is 107 Å². The highest BCUT2D eigenvalue weighted by molar-refractivity contribution is 7.80. The van der Waals surface area contributed by atoms with Gasteiger partial charge < -0.3 is 19.7 Å². The summed E-state index contributed by atoms with van der Waals surface area (Å²) in [5.41, 5.74) is 7.52. The summed E-state index contributed by atoms with van der Waals surface area (Å²) in [6.07, 6.45) is 1.80. The Morgan fingerprint density at radius 3 is 2.24 bits per heavy atom. The van der Waals surface area contributed by atoms with E-state index in [9.17, 15) is 4.39 Å². The van der Waals surface area contributed by atoms with Crippen LogP contribution in [0, 0.1) is 19.7 Å². The molecule has 0 spiro atoms. The highest BCUT2D eigenvalue weighted by Crippen LogP contribution is 2.43. The second-order valence-corrected chi connectivity index (χ2v) is 9.71. The number of nitrogens with one attached hydrogen (secondary N) is 1. The van der Waals surface area contributed by atoms with Crippen LogP contribution in [0.1, 0.15) is 48.6 Å². The molecule has 0 radical (unpaired) electrons. The summed E-state index contributed by atoms with van der Waals surface area (Å²) in [6.45, 7) is 10.6. The van der Waals surface area contributed by atoms with E-state index in [2.05, 4.69) is 82.7 Å². The van der Waals surface area contributed by atoms with E-state index in [0.717, 1.165) is 47.1 Å². The lowest BCUT2D eigenvalue weighted by Gasteiger charge is -2.28. The minimum atomic E-state index is -0.272. The minimum absolute atomic E-state index is 0.150. The van der Waals surface area contributed by atoms with Crippen LogP contribution < -0.4 is 15.1 Å². The van der Waals surface area contributed by atoms with Crippen LogP contribution in [-0.4, -0.2) is 27.8 Å². The Morgan fingerprint density at radius 1 is 0.946 bits per heavy atom. The van der Waals surface area contributed by atoms with Crippen LogP contribution >= 0.6 is 12.2 Å². The number of hydrogen-bond acceptors (Lipinski definition) is 3. The van der Waals surface area contributed by atoms with E-state index >= 15 is 0 Å². The summed E-state index contributed by atoms with van der Waals surface area (Å²) in [5.74, 6) is -0.272. The van der Waals surface area contributed by atoms with Gasteiger partial charge in [0.05, 0.1) is 17.8 Å². The first-order valence-corrected chi connectivity index (χ1v) is 13.1. The first kappa shape index (κ1) is 25.0. The maximum atomic E-state index is 13.8. The standard InChI is InChI=1S/C30H32FN5S/c1-5-34(6-2)23-14-16-24(17-15-23)35-20(3)19-26(21(35)4)29-28(27-9-7-8-18-32-27)33-30(37)36(29)25-12-10-22(31)11-13-25/h7-19,28-29H,5-6H2,1-4H3,(H,33,37)/t28-,29+/m1/s1. The maximum absolute atomic E-state index is 13.8. The fraction of sp³-hybridized carbons (Fsp3) is 0.267. The van der Waals surface area contributed by atoms with Crippen molar-refractivity contribution < 1.29 is 4.39 Å². The van der Waals surface area contributed by atoms with Crippen molar-refractivity contribution >= 4 is 28.7 Å². The Hall–Kier alpha value is -3.71. The quantitative estimate of drug-likeness (QED) is 0.280. The van der Waals surface area contributed by atoms with Gasteiger partial charge in [-0.3, -0.25) is 4.98 Å². The van der Waals surface area contributed by atoms with Gasteiger partial charge in [0.2, 0.25) is 0 Å². The van der Waals surface area contributed by atoms with Gasteiger partial charge in [0.25, 0.3) is 0 Å². The lowest BCUT2D eigenvalue weighted by atomic mass is 9.96. The Labute approximate surface area is 223 Å². The molecular formula is C30H32FN5S. The summed E-state index contributed by atoms with van der Waals surface area (Å²) in [6, 6.07) is 23.1. The number of benzene rings is 2. The van der Waals surface area contributed by atoms with E-state index < -0.39 is 0 Å². The van der Waals surface area contributed by atoms with Crippen LogP contribution in [0.2, 0.25) is 0 Å². The van der Waals surface area contributed by atoms with Gasteiger partial charge in [-0.15, -0.1) is 0 Å². The number of hydrogen-bond donors (Lipinski definition) is 1. The van der Waals surface area contributed by atoms with Gasteiger partial charge in [-0.2, -0.15) is 0 Å². The van der Waals surface area contributed by atoms with E-state index in [1.54, 1.807) is 18.3 Å². The predicted molar refractivity (Wildman–Crippen MR) is 153 cm³/mol.